The lowest BCUT2D eigenvalue weighted by molar-refractivity contribution is 0.195. The van der Waals surface area contributed by atoms with E-state index >= 15 is 0 Å². The lowest BCUT2D eigenvalue weighted by atomic mass is 9.33. The third kappa shape index (κ3) is 7.57. The number of hydrogen-bond donors (Lipinski definition) is 0. The highest BCUT2D eigenvalue weighted by atomic mass is 16.4. The van der Waals surface area contributed by atoms with Crippen molar-refractivity contribution in [2.24, 2.45) is 0 Å². The smallest absolute Gasteiger partial charge is 0.257 e. The van der Waals surface area contributed by atoms with Crippen molar-refractivity contribution in [3.8, 4) is 0 Å². The SMILES string of the molecule is CC(C)(C)c1ccc(N(c2ccc(C(C)(C)C)cc2)c2cc3c4c(c2)N2c5c(cc(C(C)(C)C)cc5C5(C)CCCCC25C)B4c2c(oc4cc5c(cc24)C(C)(C)CCC5(C)C)N3c2ccc3c(c2)C(C)(C)CCC3(C)C)cc1. The predicted molar refractivity (Wildman–Crippen MR) is 340 cm³/mol. The van der Waals surface area contributed by atoms with Crippen molar-refractivity contribution in [1.29, 1.82) is 0 Å². The number of furan rings is 1. The molecule has 1 fully saturated rings. The number of fused-ring (bicyclic) bond motifs is 11. The first kappa shape index (κ1) is 52.7. The van der Waals surface area contributed by atoms with E-state index in [9.17, 15) is 0 Å². The first-order chi connectivity index (χ1) is 36.8. The first-order valence-corrected chi connectivity index (χ1v) is 30.5. The standard InChI is InChI=1S/C74H90BN3O/c1-66(2,3)45-22-26-48(27-23-45)76(49-28-24-46(25-29-49)67(4,5)6)51-41-59-63-60(42-51)78-64-57(73(18)32-20-21-33-74(73,78)19)38-47(68(7,8)9)39-58(64)75(63)62-52-43-55-56(72(16,17)37-36-71(55,14)15)44-61(52)79-65(62)77(59)50-30-31-53-54(40-50)70(12,13)35-34-69(53,10)11/h22-31,38-44H,20-21,32-37H2,1-19H3. The van der Waals surface area contributed by atoms with Gasteiger partial charge >= 0.3 is 0 Å². The minimum atomic E-state index is -0.163. The monoisotopic (exact) mass is 1050 g/mol. The molecule has 2 unspecified atom stereocenters. The molecule has 7 aromatic rings. The average molecular weight is 1050 g/mol. The Kier molecular flexibility index (Phi) is 11.0. The van der Waals surface area contributed by atoms with Crippen LogP contribution in [0, 0.1) is 0 Å². The quantitative estimate of drug-likeness (QED) is 0.164. The van der Waals surface area contributed by atoms with E-state index in [4.69, 9.17) is 4.42 Å². The van der Waals surface area contributed by atoms with Gasteiger partial charge in [-0.15, -0.1) is 0 Å². The van der Waals surface area contributed by atoms with Gasteiger partial charge in [-0.1, -0.05) is 180 Å². The highest BCUT2D eigenvalue weighted by molar-refractivity contribution is 7.01. The average Bonchev–Trinajstić information content (AvgIpc) is 2.55. The van der Waals surface area contributed by atoms with Crippen LogP contribution in [0.4, 0.5) is 45.7 Å². The van der Waals surface area contributed by atoms with E-state index in [0.29, 0.717) is 0 Å². The van der Waals surface area contributed by atoms with Crippen LogP contribution in [0.25, 0.3) is 11.0 Å². The Labute approximate surface area is 475 Å². The van der Waals surface area contributed by atoms with Crippen molar-refractivity contribution >= 4 is 79.8 Å². The lowest BCUT2D eigenvalue weighted by Gasteiger charge is -2.52. The molecule has 3 aliphatic carbocycles. The van der Waals surface area contributed by atoms with Crippen molar-refractivity contribution in [2.45, 2.75) is 232 Å². The van der Waals surface area contributed by atoms with Gasteiger partial charge in [-0.2, -0.15) is 0 Å². The van der Waals surface area contributed by atoms with E-state index in [1.807, 2.05) is 0 Å². The van der Waals surface area contributed by atoms with Crippen LogP contribution in [0.15, 0.2) is 108 Å². The molecule has 0 spiro atoms. The maximum atomic E-state index is 7.85. The van der Waals surface area contributed by atoms with Crippen molar-refractivity contribution < 1.29 is 4.42 Å². The fourth-order valence-corrected chi connectivity index (χ4v) is 16.1. The zero-order chi connectivity index (χ0) is 56.3. The molecule has 6 aliphatic rings. The molecule has 13 rings (SSSR count). The van der Waals surface area contributed by atoms with Gasteiger partial charge in [-0.3, -0.25) is 4.90 Å². The molecule has 4 heterocycles. The van der Waals surface area contributed by atoms with E-state index in [1.54, 1.807) is 5.56 Å². The maximum Gasteiger partial charge on any atom is 0.257 e. The number of hydrogen-bond acceptors (Lipinski definition) is 4. The highest BCUT2D eigenvalue weighted by Crippen LogP contribution is 2.63. The lowest BCUT2D eigenvalue weighted by Crippen LogP contribution is -2.64. The summed E-state index contributed by atoms with van der Waals surface area (Å²) in [5, 5.41) is 1.27. The van der Waals surface area contributed by atoms with Crippen LogP contribution in [-0.2, 0) is 43.3 Å². The maximum absolute atomic E-state index is 7.85. The molecule has 2 atom stereocenters. The Hall–Kier alpha value is -5.68. The van der Waals surface area contributed by atoms with Gasteiger partial charge in [0.1, 0.15) is 5.58 Å². The molecule has 5 heteroatoms. The first-order valence-electron chi connectivity index (χ1n) is 30.5. The van der Waals surface area contributed by atoms with Gasteiger partial charge in [0.05, 0.1) is 11.2 Å². The number of rotatable bonds is 4. The molecular weight excluding hydrogens is 958 g/mol. The van der Waals surface area contributed by atoms with E-state index in [2.05, 4.69) is 249 Å². The summed E-state index contributed by atoms with van der Waals surface area (Å²) in [6.07, 6.45) is 9.40. The van der Waals surface area contributed by atoms with Crippen LogP contribution in [0.3, 0.4) is 0 Å². The molecule has 3 aliphatic heterocycles. The van der Waals surface area contributed by atoms with Crippen LogP contribution in [0.5, 0.6) is 0 Å². The zero-order valence-electron chi connectivity index (χ0n) is 51.8. The van der Waals surface area contributed by atoms with E-state index < -0.39 is 0 Å². The van der Waals surface area contributed by atoms with Gasteiger partial charge in [0.2, 0.25) is 5.88 Å². The van der Waals surface area contributed by atoms with Crippen LogP contribution < -0.4 is 31.1 Å². The summed E-state index contributed by atoms with van der Waals surface area (Å²) in [4.78, 5) is 8.11. The van der Waals surface area contributed by atoms with Gasteiger partial charge in [0, 0.05) is 50.4 Å². The second-order valence-electron chi connectivity index (χ2n) is 31.9. The largest absolute Gasteiger partial charge is 0.440 e. The van der Waals surface area contributed by atoms with Crippen LogP contribution in [-0.4, -0.2) is 12.3 Å². The highest BCUT2D eigenvalue weighted by Gasteiger charge is 2.62. The molecule has 0 bridgehead atoms. The fourth-order valence-electron chi connectivity index (χ4n) is 16.1. The van der Waals surface area contributed by atoms with E-state index in [-0.39, 0.29) is 55.6 Å². The number of anilines is 8. The molecule has 6 aromatic carbocycles. The molecule has 4 nitrogen and oxygen atoms in total. The third-order valence-electron chi connectivity index (χ3n) is 21.8. The summed E-state index contributed by atoms with van der Waals surface area (Å²) in [5.74, 6) is 0.966. The summed E-state index contributed by atoms with van der Waals surface area (Å²) in [6.45, 7) is 46.2. The molecule has 410 valence electrons. The predicted octanol–water partition coefficient (Wildman–Crippen LogP) is 18.8. The van der Waals surface area contributed by atoms with Crippen LogP contribution in [0.1, 0.15) is 227 Å². The van der Waals surface area contributed by atoms with E-state index in [1.165, 1.54) is 109 Å². The number of benzene rings is 6. The Bertz CT molecular complexity index is 3620. The summed E-state index contributed by atoms with van der Waals surface area (Å²) < 4.78 is 7.85. The number of nitrogens with zero attached hydrogens (tertiary/aromatic N) is 3. The Balaban J connectivity index is 1.19. The van der Waals surface area contributed by atoms with Crippen LogP contribution >= 0.6 is 0 Å². The summed E-state index contributed by atoms with van der Waals surface area (Å²) >= 11 is 0. The minimum Gasteiger partial charge on any atom is -0.440 e. The Morgan fingerprint density at radius 2 is 0.962 bits per heavy atom. The summed E-state index contributed by atoms with van der Waals surface area (Å²) in [7, 11) is 0. The van der Waals surface area contributed by atoms with Crippen molar-refractivity contribution in [3.63, 3.8) is 0 Å². The van der Waals surface area contributed by atoms with Gasteiger partial charge in [0.15, 0.2) is 0 Å². The molecule has 0 amide bonds. The van der Waals surface area contributed by atoms with Gasteiger partial charge in [-0.05, 0) is 199 Å². The molecule has 79 heavy (non-hydrogen) atoms. The molecule has 0 saturated heterocycles. The normalized spacial score (nSPS) is 22.9. The van der Waals surface area contributed by atoms with Gasteiger partial charge < -0.3 is 14.2 Å². The minimum absolute atomic E-state index is 0.0108. The van der Waals surface area contributed by atoms with Crippen molar-refractivity contribution in [1.82, 2.24) is 0 Å². The molecule has 1 aromatic heterocycles. The molecular formula is C74H90BN3O. The van der Waals surface area contributed by atoms with Crippen molar-refractivity contribution in [3.05, 3.63) is 148 Å². The topological polar surface area (TPSA) is 22.9 Å². The van der Waals surface area contributed by atoms with Gasteiger partial charge in [-0.25, -0.2) is 0 Å². The molecule has 0 radical (unpaired) electrons. The fraction of sp³-hybridized carbons (Fsp3) is 0.486. The third-order valence-corrected chi connectivity index (χ3v) is 21.8. The van der Waals surface area contributed by atoms with Crippen LogP contribution in [0.2, 0.25) is 0 Å². The second kappa shape index (κ2) is 16.5. The van der Waals surface area contributed by atoms with Gasteiger partial charge in [0.25, 0.3) is 6.71 Å². The van der Waals surface area contributed by atoms with E-state index in [0.717, 1.165) is 54.2 Å². The Morgan fingerprint density at radius 3 is 1.52 bits per heavy atom. The second-order valence-corrected chi connectivity index (χ2v) is 31.9. The zero-order valence-corrected chi connectivity index (χ0v) is 51.8. The Morgan fingerprint density at radius 1 is 0.456 bits per heavy atom. The molecule has 0 N–H and O–H groups in total. The van der Waals surface area contributed by atoms with Crippen molar-refractivity contribution in [2.75, 3.05) is 14.7 Å². The molecule has 1 saturated carbocycles. The summed E-state index contributed by atoms with van der Waals surface area (Å²) in [6, 6.07) is 42.1. The summed E-state index contributed by atoms with van der Waals surface area (Å²) in [5.41, 5.74) is 25.2.